The van der Waals surface area contributed by atoms with Gasteiger partial charge in [0.25, 0.3) is 0 Å². The van der Waals surface area contributed by atoms with Gasteiger partial charge in [-0.1, -0.05) is 12.1 Å². The van der Waals surface area contributed by atoms with E-state index in [1.165, 1.54) is 10.4 Å². The highest BCUT2D eigenvalue weighted by Crippen LogP contribution is 2.34. The zero-order valence-corrected chi connectivity index (χ0v) is 21.3. The Balaban J connectivity index is 1.69. The van der Waals surface area contributed by atoms with Gasteiger partial charge in [-0.05, 0) is 75.7 Å². The van der Waals surface area contributed by atoms with Crippen LogP contribution in [0.15, 0.2) is 35.7 Å². The normalized spacial score (nSPS) is 17.0. The van der Waals surface area contributed by atoms with Crippen LogP contribution in [0.3, 0.4) is 0 Å². The van der Waals surface area contributed by atoms with Crippen molar-refractivity contribution in [3.05, 3.63) is 51.7 Å². The molecule has 6 nitrogen and oxygen atoms in total. The summed E-state index contributed by atoms with van der Waals surface area (Å²) in [7, 11) is 0. The summed E-state index contributed by atoms with van der Waals surface area (Å²) in [5, 5.41) is 12.5. The zero-order valence-electron chi connectivity index (χ0n) is 20.5. The van der Waals surface area contributed by atoms with Crippen molar-refractivity contribution < 1.29 is 19.4 Å². The fourth-order valence-corrected chi connectivity index (χ4v) is 5.03. The molecule has 2 heterocycles. The fraction of sp³-hybridized carbons (Fsp3) is 0.577. The highest BCUT2D eigenvalue weighted by atomic mass is 32.1. The number of carbonyl (C=O) groups excluding carboxylic acids is 1. The SMILES string of the molecule is Cc1cccc(OC[C@H]2c3ccsc3CCN2C(=O)CN(C[C@@H](O)COC(C)C)C(C)C)c1. The number of aliphatic hydroxyl groups is 1. The van der Waals surface area contributed by atoms with Crippen LogP contribution in [0, 0.1) is 6.92 Å². The molecule has 0 unspecified atom stereocenters. The molecule has 0 spiro atoms. The number of aryl methyl sites for hydroxylation is 1. The quantitative estimate of drug-likeness (QED) is 0.532. The predicted molar refractivity (Wildman–Crippen MR) is 133 cm³/mol. The van der Waals surface area contributed by atoms with E-state index in [9.17, 15) is 9.90 Å². The minimum absolute atomic E-state index is 0.0652. The van der Waals surface area contributed by atoms with Gasteiger partial charge in [0.15, 0.2) is 0 Å². The summed E-state index contributed by atoms with van der Waals surface area (Å²) in [6.07, 6.45) is 0.302. The lowest BCUT2D eigenvalue weighted by Crippen LogP contribution is -2.49. The number of amides is 1. The summed E-state index contributed by atoms with van der Waals surface area (Å²) in [5.74, 6) is 0.886. The molecule has 1 aliphatic rings. The first kappa shape index (κ1) is 25.7. The number of aliphatic hydroxyl groups excluding tert-OH is 1. The van der Waals surface area contributed by atoms with E-state index >= 15 is 0 Å². The summed E-state index contributed by atoms with van der Waals surface area (Å²) in [5.41, 5.74) is 2.33. The van der Waals surface area contributed by atoms with Gasteiger partial charge in [0, 0.05) is 24.0 Å². The van der Waals surface area contributed by atoms with Crippen molar-refractivity contribution >= 4 is 17.2 Å². The van der Waals surface area contributed by atoms with Crippen molar-refractivity contribution in [2.75, 3.05) is 32.8 Å². The van der Waals surface area contributed by atoms with Gasteiger partial charge in [-0.3, -0.25) is 9.69 Å². The Morgan fingerprint density at radius 2 is 2.06 bits per heavy atom. The number of benzene rings is 1. The molecule has 1 aromatic heterocycles. The minimum atomic E-state index is -0.632. The highest BCUT2D eigenvalue weighted by Gasteiger charge is 2.33. The summed E-state index contributed by atoms with van der Waals surface area (Å²) in [6, 6.07) is 10.1. The molecule has 1 aromatic carbocycles. The first-order chi connectivity index (χ1) is 15.7. The molecule has 7 heteroatoms. The Morgan fingerprint density at radius 3 is 2.76 bits per heavy atom. The van der Waals surface area contributed by atoms with E-state index in [4.69, 9.17) is 9.47 Å². The van der Waals surface area contributed by atoms with Crippen LogP contribution in [0.2, 0.25) is 0 Å². The van der Waals surface area contributed by atoms with E-state index in [1.54, 1.807) is 11.3 Å². The number of nitrogens with zero attached hydrogens (tertiary/aromatic N) is 2. The van der Waals surface area contributed by atoms with Crippen LogP contribution in [0.25, 0.3) is 0 Å². The molecule has 182 valence electrons. The Hall–Kier alpha value is -1.93. The van der Waals surface area contributed by atoms with Gasteiger partial charge in [0.2, 0.25) is 5.91 Å². The Kier molecular flexibility index (Phi) is 9.32. The first-order valence-corrected chi connectivity index (χ1v) is 12.7. The maximum atomic E-state index is 13.5. The lowest BCUT2D eigenvalue weighted by atomic mass is 10.00. The number of thiophene rings is 1. The molecule has 0 saturated heterocycles. The van der Waals surface area contributed by atoms with Crippen LogP contribution in [0.1, 0.15) is 49.7 Å². The Labute approximate surface area is 202 Å². The van der Waals surface area contributed by atoms with Crippen LogP contribution >= 0.6 is 11.3 Å². The molecule has 1 N–H and O–H groups in total. The van der Waals surface area contributed by atoms with Crippen molar-refractivity contribution in [3.63, 3.8) is 0 Å². The Bertz CT molecular complexity index is 898. The molecule has 33 heavy (non-hydrogen) atoms. The van der Waals surface area contributed by atoms with E-state index in [2.05, 4.69) is 25.3 Å². The van der Waals surface area contributed by atoms with Gasteiger partial charge in [0.1, 0.15) is 12.4 Å². The van der Waals surface area contributed by atoms with Crippen LogP contribution in [0.5, 0.6) is 5.75 Å². The third-order valence-corrected chi connectivity index (χ3v) is 6.94. The number of hydrogen-bond acceptors (Lipinski definition) is 6. The first-order valence-electron chi connectivity index (χ1n) is 11.8. The molecular formula is C26H38N2O4S. The summed E-state index contributed by atoms with van der Waals surface area (Å²) in [6.45, 7) is 12.1. The van der Waals surface area contributed by atoms with Gasteiger partial charge in [0.05, 0.1) is 31.4 Å². The van der Waals surface area contributed by atoms with Crippen molar-refractivity contribution in [3.8, 4) is 5.75 Å². The molecule has 2 atom stereocenters. The van der Waals surface area contributed by atoms with E-state index in [0.717, 1.165) is 17.7 Å². The van der Waals surface area contributed by atoms with E-state index in [1.807, 2.05) is 54.8 Å². The smallest absolute Gasteiger partial charge is 0.237 e. The van der Waals surface area contributed by atoms with Crippen molar-refractivity contribution in [1.29, 1.82) is 0 Å². The maximum absolute atomic E-state index is 13.5. The summed E-state index contributed by atoms with van der Waals surface area (Å²) in [4.78, 5) is 18.8. The molecule has 0 aliphatic carbocycles. The summed E-state index contributed by atoms with van der Waals surface area (Å²) < 4.78 is 11.7. The monoisotopic (exact) mass is 474 g/mol. The third-order valence-electron chi connectivity index (χ3n) is 5.95. The topological polar surface area (TPSA) is 62.2 Å². The highest BCUT2D eigenvalue weighted by molar-refractivity contribution is 7.10. The number of rotatable bonds is 11. The maximum Gasteiger partial charge on any atom is 0.237 e. The zero-order chi connectivity index (χ0) is 24.0. The second-order valence-electron chi connectivity index (χ2n) is 9.34. The molecule has 1 aliphatic heterocycles. The van der Waals surface area contributed by atoms with E-state index in [0.29, 0.717) is 19.7 Å². The lowest BCUT2D eigenvalue weighted by molar-refractivity contribution is -0.137. The van der Waals surface area contributed by atoms with Gasteiger partial charge >= 0.3 is 0 Å². The van der Waals surface area contributed by atoms with Gasteiger partial charge in [-0.2, -0.15) is 0 Å². The molecular weight excluding hydrogens is 436 g/mol. The molecule has 0 fully saturated rings. The molecule has 2 aromatic rings. The Morgan fingerprint density at radius 1 is 1.27 bits per heavy atom. The van der Waals surface area contributed by atoms with Crippen LogP contribution < -0.4 is 4.74 Å². The molecule has 3 rings (SSSR count). The number of fused-ring (bicyclic) bond motifs is 1. The van der Waals surface area contributed by atoms with Gasteiger partial charge < -0.3 is 19.5 Å². The second-order valence-corrected chi connectivity index (χ2v) is 10.3. The standard InChI is InChI=1S/C26H38N2O4S/c1-18(2)27(14-21(29)16-31-19(3)4)15-26(30)28-11-9-25-23(10-12-33-25)24(28)17-32-22-8-6-7-20(5)13-22/h6-8,10,12-13,18-19,21,24,29H,9,11,14-17H2,1-5H3/t21-,24+/m1/s1. The van der Waals surface area contributed by atoms with E-state index in [-0.39, 0.29) is 37.2 Å². The van der Waals surface area contributed by atoms with Crippen LogP contribution in [0.4, 0.5) is 0 Å². The number of ether oxygens (including phenoxy) is 2. The minimum Gasteiger partial charge on any atom is -0.491 e. The van der Waals surface area contributed by atoms with Crippen molar-refractivity contribution in [2.45, 2.75) is 65.3 Å². The van der Waals surface area contributed by atoms with Crippen LogP contribution in [-0.4, -0.2) is 71.9 Å². The number of hydrogen-bond donors (Lipinski definition) is 1. The van der Waals surface area contributed by atoms with Crippen molar-refractivity contribution in [2.24, 2.45) is 0 Å². The van der Waals surface area contributed by atoms with Gasteiger partial charge in [-0.15, -0.1) is 11.3 Å². The number of carbonyl (C=O) groups is 1. The second kappa shape index (κ2) is 12.0. The molecule has 0 radical (unpaired) electrons. The van der Waals surface area contributed by atoms with Crippen LogP contribution in [-0.2, 0) is 16.0 Å². The average molecular weight is 475 g/mol. The predicted octanol–water partition coefficient (Wildman–Crippen LogP) is 4.06. The molecule has 0 saturated carbocycles. The lowest BCUT2D eigenvalue weighted by Gasteiger charge is -2.38. The average Bonchev–Trinajstić information content (AvgIpc) is 3.24. The molecule has 0 bridgehead atoms. The van der Waals surface area contributed by atoms with E-state index < -0.39 is 6.10 Å². The fourth-order valence-electron chi connectivity index (χ4n) is 4.10. The largest absolute Gasteiger partial charge is 0.491 e. The van der Waals surface area contributed by atoms with Gasteiger partial charge in [-0.25, -0.2) is 0 Å². The molecule has 1 amide bonds. The summed E-state index contributed by atoms with van der Waals surface area (Å²) >= 11 is 1.75. The van der Waals surface area contributed by atoms with Crippen molar-refractivity contribution in [1.82, 2.24) is 9.80 Å². The third kappa shape index (κ3) is 7.27.